The number of rotatable bonds is 5. The quantitative estimate of drug-likeness (QED) is 0.540. The molecule has 5 rings (SSSR count). The molecule has 11 heteroatoms. The topological polar surface area (TPSA) is 97.1 Å². The predicted octanol–water partition coefficient (Wildman–Crippen LogP) is 3.66. The number of imidazole rings is 1. The van der Waals surface area contributed by atoms with Crippen LogP contribution in [0.1, 0.15) is 47.6 Å². The molecule has 2 fully saturated rings. The summed E-state index contributed by atoms with van der Waals surface area (Å²) in [5.74, 6) is -3.79. The smallest absolute Gasteiger partial charge is 0.224 e. The number of hydrogen-bond donors (Lipinski definition) is 3. The first-order valence-corrected chi connectivity index (χ1v) is 9.74. The fraction of sp³-hybridized carbons (Fsp3) is 0.476. The molecule has 1 saturated carbocycles. The molecule has 1 aromatic carbocycles. The lowest BCUT2D eigenvalue weighted by Gasteiger charge is -2.26. The fourth-order valence-corrected chi connectivity index (χ4v) is 3.55. The average Bonchev–Trinajstić information content (AvgIpc) is 3.50. The van der Waals surface area contributed by atoms with Crippen LogP contribution < -0.4 is 10.6 Å². The molecule has 0 spiro atoms. The van der Waals surface area contributed by atoms with Gasteiger partial charge in [0, 0.05) is 33.0 Å². The number of hydrogen-bond acceptors (Lipinski definition) is 7. The van der Waals surface area contributed by atoms with Gasteiger partial charge < -0.3 is 20.5 Å². The number of aromatic nitrogens is 4. The van der Waals surface area contributed by atoms with Crippen molar-refractivity contribution < 1.29 is 32.6 Å². The van der Waals surface area contributed by atoms with E-state index in [1.165, 1.54) is 10.8 Å². The van der Waals surface area contributed by atoms with E-state index in [-0.39, 0.29) is 29.7 Å². The molecule has 3 unspecified atom stereocenters. The third-order valence-corrected chi connectivity index (χ3v) is 5.04. The number of nitrogens with zero attached hydrogens (tertiary/aromatic N) is 4. The number of anilines is 3. The second kappa shape index (κ2) is 8.55. The van der Waals surface area contributed by atoms with Crippen LogP contribution in [0, 0.1) is 17.5 Å². The van der Waals surface area contributed by atoms with Crippen LogP contribution in [0.5, 0.6) is 0 Å². The molecule has 8 nitrogen and oxygen atoms in total. The minimum absolute atomic E-state index is 0.0577. The number of nitrogens with one attached hydrogen (secondary N) is 2. The maximum Gasteiger partial charge on any atom is 0.224 e. The van der Waals surface area contributed by atoms with E-state index in [9.17, 15) is 18.3 Å². The first-order chi connectivity index (χ1) is 18.2. The minimum Gasteiger partial charge on any atom is -0.393 e. The molecular formula is C21H23F3N6O2. The van der Waals surface area contributed by atoms with Crippen LogP contribution in [0.4, 0.5) is 30.8 Å². The van der Waals surface area contributed by atoms with Crippen molar-refractivity contribution in [3.05, 3.63) is 35.8 Å². The van der Waals surface area contributed by atoms with Crippen molar-refractivity contribution in [1.29, 1.82) is 0 Å². The Morgan fingerprint density at radius 1 is 1.19 bits per heavy atom. The molecule has 0 amide bonds. The molecule has 3 heterocycles. The van der Waals surface area contributed by atoms with Crippen LogP contribution in [0.15, 0.2) is 18.3 Å². The molecule has 0 radical (unpaired) electrons. The maximum atomic E-state index is 14.4. The first-order valence-electron chi connectivity index (χ1n) is 13.4. The van der Waals surface area contributed by atoms with Gasteiger partial charge in [0.05, 0.1) is 26.3 Å². The van der Waals surface area contributed by atoms with Gasteiger partial charge in [-0.25, -0.2) is 23.1 Å². The highest BCUT2D eigenvalue weighted by atomic mass is 19.1. The number of fused-ring (bicyclic) bond motifs is 1. The molecule has 170 valence electrons. The van der Waals surface area contributed by atoms with Crippen molar-refractivity contribution in [3.63, 3.8) is 0 Å². The second-order valence-corrected chi connectivity index (χ2v) is 7.24. The van der Waals surface area contributed by atoms with Crippen molar-refractivity contribution in [3.8, 4) is 0 Å². The Morgan fingerprint density at radius 3 is 2.62 bits per heavy atom. The van der Waals surface area contributed by atoms with E-state index in [1.54, 1.807) is 0 Å². The molecule has 3 aromatic rings. The largest absolute Gasteiger partial charge is 0.393 e. The van der Waals surface area contributed by atoms with E-state index in [1.807, 2.05) is 0 Å². The molecule has 3 N–H and O–H groups in total. The highest BCUT2D eigenvalue weighted by Crippen LogP contribution is 2.32. The normalized spacial score (nSPS) is 36.8. The van der Waals surface area contributed by atoms with Gasteiger partial charge in [0.25, 0.3) is 0 Å². The van der Waals surface area contributed by atoms with E-state index in [0.717, 1.165) is 0 Å². The first kappa shape index (κ1) is 14.3. The van der Waals surface area contributed by atoms with Crippen LogP contribution in [-0.2, 0) is 4.74 Å². The van der Waals surface area contributed by atoms with Crippen LogP contribution in [0.2, 0.25) is 0 Å². The summed E-state index contributed by atoms with van der Waals surface area (Å²) >= 11 is 0. The standard InChI is InChI=1S/C21H23F3N6O2/c22-11-7-15(23)18(16(24)8-11)28-21-27-17-9-25-20(26-12-1-3-14(31)4-2-12)29-19(17)30(21)13-5-6-32-10-13/h7-9,12-14,31H,1-6,10H2,(H,27,28)(H,25,26,29)/i1D,2D,3D2,4D2,14D. The zero-order valence-electron chi connectivity index (χ0n) is 23.4. The lowest BCUT2D eigenvalue weighted by atomic mass is 9.93. The summed E-state index contributed by atoms with van der Waals surface area (Å²) in [7, 11) is 0. The van der Waals surface area contributed by atoms with E-state index in [4.69, 9.17) is 14.3 Å². The van der Waals surface area contributed by atoms with E-state index in [2.05, 4.69) is 25.6 Å². The molecule has 1 saturated heterocycles. The van der Waals surface area contributed by atoms with Gasteiger partial charge in [-0.1, -0.05) is 0 Å². The number of ether oxygens (including phenoxy) is 1. The minimum atomic E-state index is -3.37. The SMILES string of the molecule is [2H]C1C(Nc2ncc3nc(Nc4c(F)cc(F)cc4F)n(C4CCOC4)c3n2)C([2H])C([2H])([2H])C([2H])(O)C1([2H])[2H]. The van der Waals surface area contributed by atoms with Gasteiger partial charge in [-0.3, -0.25) is 4.57 Å². The Bertz CT molecular complexity index is 1380. The summed E-state index contributed by atoms with van der Waals surface area (Å²) in [5.41, 5.74) is -0.352. The van der Waals surface area contributed by atoms with Crippen molar-refractivity contribution >= 4 is 28.7 Å². The monoisotopic (exact) mass is 455 g/mol. The molecular weight excluding hydrogens is 425 g/mol. The Balaban J connectivity index is 1.55. The lowest BCUT2D eigenvalue weighted by molar-refractivity contribution is 0.126. The molecule has 0 bridgehead atoms. The van der Waals surface area contributed by atoms with E-state index in [0.29, 0.717) is 25.2 Å². The number of halogens is 3. The van der Waals surface area contributed by atoms with Crippen molar-refractivity contribution in [2.45, 2.75) is 50.1 Å². The summed E-state index contributed by atoms with van der Waals surface area (Å²) in [5, 5.41) is 15.4. The van der Waals surface area contributed by atoms with Gasteiger partial charge in [-0.15, -0.1) is 0 Å². The molecule has 1 aliphatic carbocycles. The summed E-state index contributed by atoms with van der Waals surface area (Å²) in [4.78, 5) is 12.7. The number of benzene rings is 1. The highest BCUT2D eigenvalue weighted by molar-refractivity contribution is 5.76. The van der Waals surface area contributed by atoms with Gasteiger partial charge in [-0.05, 0) is 32.0 Å². The fourth-order valence-electron chi connectivity index (χ4n) is 3.55. The van der Waals surface area contributed by atoms with Crippen molar-refractivity contribution in [2.75, 3.05) is 23.8 Å². The van der Waals surface area contributed by atoms with Crippen LogP contribution >= 0.6 is 0 Å². The summed E-state index contributed by atoms with van der Waals surface area (Å²) < 4.78 is 106. The van der Waals surface area contributed by atoms with Crippen molar-refractivity contribution in [1.82, 2.24) is 19.5 Å². The summed E-state index contributed by atoms with van der Waals surface area (Å²) in [6.45, 7) is 0.582. The van der Waals surface area contributed by atoms with Crippen LogP contribution in [0.3, 0.4) is 0 Å². The third kappa shape index (κ3) is 4.09. The Labute approximate surface area is 191 Å². The Hall–Kier alpha value is -2.92. The Kier molecular flexibility index (Phi) is 3.81. The van der Waals surface area contributed by atoms with E-state index < -0.39 is 66.8 Å². The molecule has 32 heavy (non-hydrogen) atoms. The second-order valence-electron chi connectivity index (χ2n) is 7.24. The van der Waals surface area contributed by atoms with Crippen LogP contribution in [-0.4, -0.2) is 50.0 Å². The number of aliphatic hydroxyl groups is 1. The van der Waals surface area contributed by atoms with Crippen LogP contribution in [0.25, 0.3) is 11.2 Å². The molecule has 3 atom stereocenters. The molecule has 2 aromatic heterocycles. The van der Waals surface area contributed by atoms with E-state index >= 15 is 0 Å². The zero-order valence-corrected chi connectivity index (χ0v) is 16.4. The summed E-state index contributed by atoms with van der Waals surface area (Å²) in [6, 6.07) is -0.958. The predicted molar refractivity (Wildman–Crippen MR) is 111 cm³/mol. The van der Waals surface area contributed by atoms with Gasteiger partial charge >= 0.3 is 0 Å². The highest BCUT2D eigenvalue weighted by Gasteiger charge is 2.27. The third-order valence-electron chi connectivity index (χ3n) is 5.04. The zero-order chi connectivity index (χ0) is 28.5. The van der Waals surface area contributed by atoms with Gasteiger partial charge in [-0.2, -0.15) is 4.98 Å². The lowest BCUT2D eigenvalue weighted by Crippen LogP contribution is -2.29. The average molecular weight is 455 g/mol. The van der Waals surface area contributed by atoms with Gasteiger partial charge in [0.1, 0.15) is 17.0 Å². The molecule has 2 aliphatic rings. The summed E-state index contributed by atoms with van der Waals surface area (Å²) in [6.07, 6.45) is -11.7. The maximum absolute atomic E-state index is 14.4. The Morgan fingerprint density at radius 2 is 1.94 bits per heavy atom. The van der Waals surface area contributed by atoms with Crippen molar-refractivity contribution in [2.24, 2.45) is 0 Å². The molecule has 1 aliphatic heterocycles. The van der Waals surface area contributed by atoms with Gasteiger partial charge in [0.2, 0.25) is 11.9 Å². The van der Waals surface area contributed by atoms with Gasteiger partial charge in [0.15, 0.2) is 17.3 Å².